The van der Waals surface area contributed by atoms with Gasteiger partial charge in [-0.1, -0.05) is 0 Å². The van der Waals surface area contributed by atoms with E-state index in [9.17, 15) is 15.0 Å². The first kappa shape index (κ1) is 21.5. The molecule has 0 aromatic carbocycles. The molecule has 5 atom stereocenters. The molecule has 2 fully saturated rings. The van der Waals surface area contributed by atoms with Crippen molar-refractivity contribution in [3.8, 4) is 11.8 Å². The van der Waals surface area contributed by atoms with Crippen molar-refractivity contribution in [2.45, 2.75) is 31.2 Å². The third-order valence-electron chi connectivity index (χ3n) is 6.35. The van der Waals surface area contributed by atoms with Crippen molar-refractivity contribution in [2.24, 2.45) is 11.3 Å². The summed E-state index contributed by atoms with van der Waals surface area (Å²) in [5, 5.41) is 27.2. The summed E-state index contributed by atoms with van der Waals surface area (Å²) in [7, 11) is 3.36. The number of carbonyl (C=O) groups is 1. The summed E-state index contributed by atoms with van der Waals surface area (Å²) < 4.78 is 2.75. The Balaban J connectivity index is 1.59. The lowest BCUT2D eigenvalue weighted by atomic mass is 9.98. The Morgan fingerprint density at radius 2 is 2.16 bits per heavy atom. The van der Waals surface area contributed by atoms with Crippen molar-refractivity contribution in [1.29, 1.82) is 0 Å². The van der Waals surface area contributed by atoms with Gasteiger partial charge in [-0.15, -0.1) is 11.3 Å². The normalized spacial score (nSPS) is 28.3. The van der Waals surface area contributed by atoms with Crippen LogP contribution in [0.4, 0.5) is 0 Å². The van der Waals surface area contributed by atoms with E-state index in [2.05, 4.69) is 53.4 Å². The number of aliphatic hydroxyl groups excluding tert-OH is 2. The average molecular weight is 517 g/mol. The largest absolute Gasteiger partial charge is 0.389 e. The summed E-state index contributed by atoms with van der Waals surface area (Å²) in [4.78, 5) is 27.0. The quantitative estimate of drug-likeness (QED) is 0.378. The Morgan fingerprint density at radius 1 is 1.34 bits per heavy atom. The molecule has 0 aliphatic heterocycles. The second kappa shape index (κ2) is 7.90. The highest BCUT2D eigenvalue weighted by molar-refractivity contribution is 9.11. The van der Waals surface area contributed by atoms with Gasteiger partial charge < -0.3 is 25.4 Å². The number of thiophene rings is 1. The van der Waals surface area contributed by atoms with Crippen LogP contribution >= 0.6 is 27.3 Å². The zero-order valence-electron chi connectivity index (χ0n) is 17.3. The van der Waals surface area contributed by atoms with Crippen LogP contribution in [0.2, 0.25) is 0 Å². The molecule has 166 valence electrons. The maximum Gasteiger partial charge on any atom is 0.229 e. The van der Waals surface area contributed by atoms with E-state index in [0.29, 0.717) is 35.6 Å². The van der Waals surface area contributed by atoms with Crippen molar-refractivity contribution in [3.63, 3.8) is 0 Å². The van der Waals surface area contributed by atoms with Crippen LogP contribution in [0, 0.1) is 23.2 Å². The highest BCUT2D eigenvalue weighted by atomic mass is 79.9. The van der Waals surface area contributed by atoms with Gasteiger partial charge in [-0.2, -0.15) is 0 Å². The number of nitrogens with zero attached hydrogens (tertiary/aromatic N) is 4. The van der Waals surface area contributed by atoms with E-state index in [-0.39, 0.29) is 11.8 Å². The monoisotopic (exact) mass is 516 g/mol. The smallest absolute Gasteiger partial charge is 0.229 e. The number of aliphatic hydroxyl groups is 2. The molecule has 1 amide bonds. The van der Waals surface area contributed by atoms with Crippen LogP contribution in [-0.4, -0.2) is 61.9 Å². The summed E-state index contributed by atoms with van der Waals surface area (Å²) in [6, 6.07) is 3.33. The maximum atomic E-state index is 12.5. The van der Waals surface area contributed by atoms with E-state index >= 15 is 0 Å². The van der Waals surface area contributed by atoms with Gasteiger partial charge in [0.05, 0.1) is 38.2 Å². The molecule has 0 spiro atoms. The summed E-state index contributed by atoms with van der Waals surface area (Å²) in [5.41, 5.74) is 0.849. The SMILES string of the molecule is CNCc1nc(C#Cc2ccc(Br)s2)nc2c1ncn2[C@@H]1C2CC2(C(=O)NC)[C@@H](O)[C@H]1O. The summed E-state index contributed by atoms with van der Waals surface area (Å²) in [6.07, 6.45) is -0.150. The number of fused-ring (bicyclic) bond motifs is 2. The number of halogens is 1. The summed E-state index contributed by atoms with van der Waals surface area (Å²) in [5.74, 6) is 5.99. The van der Waals surface area contributed by atoms with Crippen molar-refractivity contribution in [1.82, 2.24) is 30.2 Å². The molecule has 9 nitrogen and oxygen atoms in total. The van der Waals surface area contributed by atoms with Crippen molar-refractivity contribution in [3.05, 3.63) is 38.6 Å². The van der Waals surface area contributed by atoms with Gasteiger partial charge in [0, 0.05) is 19.5 Å². The topological polar surface area (TPSA) is 125 Å². The van der Waals surface area contributed by atoms with Gasteiger partial charge in [-0.25, -0.2) is 15.0 Å². The predicted octanol–water partition coefficient (Wildman–Crippen LogP) is 0.798. The number of rotatable bonds is 4. The van der Waals surface area contributed by atoms with Crippen molar-refractivity contribution in [2.75, 3.05) is 14.1 Å². The highest BCUT2D eigenvalue weighted by Gasteiger charge is 2.75. The van der Waals surface area contributed by atoms with Gasteiger partial charge in [0.1, 0.15) is 11.6 Å². The van der Waals surface area contributed by atoms with Crippen LogP contribution < -0.4 is 10.6 Å². The predicted molar refractivity (Wildman–Crippen MR) is 122 cm³/mol. The number of amides is 1. The van der Waals surface area contributed by atoms with Crippen LogP contribution in [0.5, 0.6) is 0 Å². The average Bonchev–Trinajstić information content (AvgIpc) is 3.03. The maximum absolute atomic E-state index is 12.5. The van der Waals surface area contributed by atoms with Crippen molar-refractivity contribution < 1.29 is 15.0 Å². The summed E-state index contributed by atoms with van der Waals surface area (Å²) >= 11 is 4.95. The molecule has 32 heavy (non-hydrogen) atoms. The second-order valence-electron chi connectivity index (χ2n) is 8.06. The third-order valence-corrected chi connectivity index (χ3v) is 7.89. The number of carbonyl (C=O) groups excluding carboxylic acids is 1. The fourth-order valence-electron chi connectivity index (χ4n) is 4.83. The minimum atomic E-state index is -1.15. The molecule has 5 rings (SSSR count). The van der Waals surface area contributed by atoms with Gasteiger partial charge in [0.25, 0.3) is 0 Å². The van der Waals surface area contributed by atoms with Gasteiger partial charge >= 0.3 is 0 Å². The molecule has 4 N–H and O–H groups in total. The Hall–Kier alpha value is -2.36. The number of imidazole rings is 1. The highest BCUT2D eigenvalue weighted by Crippen LogP contribution is 2.67. The Bertz CT molecular complexity index is 1280. The Labute approximate surface area is 196 Å². The first-order chi connectivity index (χ1) is 15.4. The van der Waals surface area contributed by atoms with E-state index in [0.717, 1.165) is 8.66 Å². The van der Waals surface area contributed by atoms with E-state index in [1.165, 1.54) is 11.3 Å². The van der Waals surface area contributed by atoms with E-state index in [1.54, 1.807) is 17.9 Å². The molecule has 3 aromatic rings. The fraction of sp³-hybridized carbons (Fsp3) is 0.429. The van der Waals surface area contributed by atoms with E-state index in [1.807, 2.05) is 19.2 Å². The minimum Gasteiger partial charge on any atom is -0.389 e. The van der Waals surface area contributed by atoms with Crippen LogP contribution in [0.1, 0.15) is 28.9 Å². The van der Waals surface area contributed by atoms with Crippen LogP contribution in [0.15, 0.2) is 22.2 Å². The summed E-state index contributed by atoms with van der Waals surface area (Å²) in [6.45, 7) is 0.469. The number of nitrogens with one attached hydrogen (secondary N) is 2. The zero-order chi connectivity index (χ0) is 22.6. The molecule has 2 aliphatic rings. The number of hydrogen-bond acceptors (Lipinski definition) is 8. The van der Waals surface area contributed by atoms with Crippen LogP contribution in [0.25, 0.3) is 11.2 Å². The molecule has 0 radical (unpaired) electrons. The van der Waals surface area contributed by atoms with E-state index < -0.39 is 23.7 Å². The first-order valence-corrected chi connectivity index (χ1v) is 11.8. The lowest BCUT2D eigenvalue weighted by molar-refractivity contribution is -0.132. The molecule has 2 aliphatic carbocycles. The lowest BCUT2D eigenvalue weighted by Gasteiger charge is -2.23. The number of hydrogen-bond donors (Lipinski definition) is 4. The molecule has 3 aromatic heterocycles. The zero-order valence-corrected chi connectivity index (χ0v) is 19.7. The molecule has 0 saturated heterocycles. The Morgan fingerprint density at radius 3 is 2.84 bits per heavy atom. The molecular weight excluding hydrogens is 496 g/mol. The molecule has 3 heterocycles. The Kier molecular flexibility index (Phi) is 5.30. The lowest BCUT2D eigenvalue weighted by Crippen LogP contribution is -2.41. The van der Waals surface area contributed by atoms with Crippen LogP contribution in [-0.2, 0) is 11.3 Å². The second-order valence-corrected chi connectivity index (χ2v) is 10.5. The molecule has 0 bridgehead atoms. The molecule has 11 heteroatoms. The minimum absolute atomic E-state index is 0.203. The van der Waals surface area contributed by atoms with Crippen molar-refractivity contribution >= 4 is 44.3 Å². The number of aromatic nitrogens is 4. The van der Waals surface area contributed by atoms with Crippen LogP contribution in [0.3, 0.4) is 0 Å². The standard InChI is InChI=1S/C21H21BrN6O3S/c1-23-8-12-15-19(27-14(26-12)6-4-10-3-5-13(22)32-10)28(9-25-15)16-11-7-21(11,20(31)24-2)18(30)17(16)29/h3,5,9,11,16-18,23,29-30H,7-8H2,1-2H3,(H,24,31)/t11?,16-,17+,18+,21?/m1/s1. The van der Waals surface area contributed by atoms with Gasteiger partial charge in [-0.05, 0) is 53.4 Å². The van der Waals surface area contributed by atoms with Gasteiger partial charge in [-0.3, -0.25) is 4.79 Å². The van der Waals surface area contributed by atoms with E-state index in [4.69, 9.17) is 0 Å². The first-order valence-electron chi connectivity index (χ1n) is 10.1. The third kappa shape index (κ3) is 3.17. The van der Waals surface area contributed by atoms with Gasteiger partial charge in [0.15, 0.2) is 5.65 Å². The molecule has 2 saturated carbocycles. The van der Waals surface area contributed by atoms with Gasteiger partial charge in [0.2, 0.25) is 11.7 Å². The molecule has 2 unspecified atom stereocenters. The fourth-order valence-corrected chi connectivity index (χ4v) is 6.06. The molecular formula is C21H21BrN6O3S.